The first-order chi connectivity index (χ1) is 13.5. The van der Waals surface area contributed by atoms with Crippen LogP contribution in [-0.4, -0.2) is 69.6 Å². The minimum absolute atomic E-state index is 0.00172. The molecule has 28 heavy (non-hydrogen) atoms. The van der Waals surface area contributed by atoms with Gasteiger partial charge in [0.25, 0.3) is 5.91 Å². The van der Waals surface area contributed by atoms with E-state index in [1.165, 1.54) is 11.1 Å². The van der Waals surface area contributed by atoms with Crippen LogP contribution in [-0.2, 0) is 0 Å². The molecule has 1 fully saturated rings. The molecular weight excluding hydrogens is 352 g/mol. The fourth-order valence-corrected chi connectivity index (χ4v) is 3.93. The number of nitrogens with zero attached hydrogens (tertiary/aromatic N) is 5. The van der Waals surface area contributed by atoms with Gasteiger partial charge in [-0.25, -0.2) is 0 Å². The first-order valence-electron chi connectivity index (χ1n) is 9.39. The van der Waals surface area contributed by atoms with Crippen molar-refractivity contribution in [3.05, 3.63) is 65.2 Å². The van der Waals surface area contributed by atoms with Crippen LogP contribution in [0.1, 0.15) is 27.4 Å². The van der Waals surface area contributed by atoms with E-state index in [1.54, 1.807) is 0 Å². The summed E-state index contributed by atoms with van der Waals surface area (Å²) in [6, 6.07) is 16.3. The van der Waals surface area contributed by atoms with Crippen molar-refractivity contribution >= 4 is 5.91 Å². The molecule has 0 spiro atoms. The van der Waals surface area contributed by atoms with E-state index in [4.69, 9.17) is 0 Å². The zero-order chi connectivity index (χ0) is 19.7. The Kier molecular flexibility index (Phi) is 4.92. The second-order valence-electron chi connectivity index (χ2n) is 7.54. The maximum absolute atomic E-state index is 13.4. The van der Waals surface area contributed by atoms with E-state index in [0.29, 0.717) is 30.0 Å². The molecule has 0 radical (unpaired) electrons. The predicted octanol–water partition coefficient (Wildman–Crippen LogP) is 2.34. The Morgan fingerprint density at radius 1 is 1.11 bits per heavy atom. The lowest BCUT2D eigenvalue weighted by Gasteiger charge is -2.25. The number of carbonyl (C=O) groups is 1. The normalized spacial score (nSPS) is 19.4. The summed E-state index contributed by atoms with van der Waals surface area (Å²) in [6.07, 6.45) is 0. The molecule has 2 heterocycles. The van der Waals surface area contributed by atoms with Gasteiger partial charge in [0, 0.05) is 30.6 Å². The van der Waals surface area contributed by atoms with E-state index in [0.717, 1.165) is 0 Å². The van der Waals surface area contributed by atoms with Crippen LogP contribution in [0.2, 0.25) is 0 Å². The highest BCUT2D eigenvalue weighted by Crippen LogP contribution is 2.32. The Balaban J connectivity index is 1.64. The number of carbonyl (C=O) groups excluding carboxylic acids is 1. The number of hydrogen-bond donors (Lipinski definition) is 1. The van der Waals surface area contributed by atoms with Gasteiger partial charge < -0.3 is 9.80 Å². The van der Waals surface area contributed by atoms with E-state index in [2.05, 4.69) is 70.8 Å². The fourth-order valence-electron chi connectivity index (χ4n) is 3.93. The molecule has 1 amide bonds. The van der Waals surface area contributed by atoms with Gasteiger partial charge in [0.1, 0.15) is 0 Å². The molecule has 0 bridgehead atoms. The molecule has 4 rings (SSSR count). The molecule has 1 aromatic heterocycles. The molecule has 2 atom stereocenters. The highest BCUT2D eigenvalue weighted by atomic mass is 16.2. The monoisotopic (exact) mass is 376 g/mol. The zero-order valence-corrected chi connectivity index (χ0v) is 16.3. The van der Waals surface area contributed by atoms with Crippen molar-refractivity contribution < 1.29 is 4.79 Å². The number of hydrogen-bond acceptors (Lipinski definition) is 5. The van der Waals surface area contributed by atoms with Crippen molar-refractivity contribution in [2.75, 3.05) is 27.2 Å². The summed E-state index contributed by atoms with van der Waals surface area (Å²) in [4.78, 5) is 17.5. The number of amides is 1. The smallest absolute Gasteiger partial charge is 0.254 e. The number of likely N-dealkylation sites (N-methyl/N-ethyl adjacent to an activating group) is 1. The summed E-state index contributed by atoms with van der Waals surface area (Å²) in [5, 5.41) is 14.2. The maximum Gasteiger partial charge on any atom is 0.254 e. The van der Waals surface area contributed by atoms with Crippen LogP contribution in [0.4, 0.5) is 0 Å². The Morgan fingerprint density at radius 3 is 2.54 bits per heavy atom. The number of rotatable bonds is 4. The van der Waals surface area contributed by atoms with Crippen LogP contribution >= 0.6 is 0 Å². The van der Waals surface area contributed by atoms with E-state index in [1.807, 2.05) is 29.2 Å². The number of tetrazole rings is 1. The summed E-state index contributed by atoms with van der Waals surface area (Å²) in [6.45, 7) is 3.46. The molecule has 7 nitrogen and oxygen atoms in total. The van der Waals surface area contributed by atoms with E-state index >= 15 is 0 Å². The Labute approximate surface area is 164 Å². The van der Waals surface area contributed by atoms with Crippen molar-refractivity contribution in [1.29, 1.82) is 0 Å². The number of aromatic amines is 1. The third-order valence-electron chi connectivity index (χ3n) is 5.49. The SMILES string of the molecule is Cc1ccc([C@H]2CN(C(=O)c3ccccc3-c3nn[nH]n3)C[C@@H]2N(C)C)cc1. The van der Waals surface area contributed by atoms with Crippen LogP contribution < -0.4 is 0 Å². The molecule has 0 unspecified atom stereocenters. The van der Waals surface area contributed by atoms with Crippen molar-refractivity contribution in [3.63, 3.8) is 0 Å². The minimum Gasteiger partial charge on any atom is -0.336 e. The zero-order valence-electron chi connectivity index (χ0n) is 16.3. The van der Waals surface area contributed by atoms with Gasteiger partial charge in [-0.3, -0.25) is 4.79 Å². The number of aryl methyl sites for hydroxylation is 1. The van der Waals surface area contributed by atoms with E-state index < -0.39 is 0 Å². The lowest BCUT2D eigenvalue weighted by atomic mass is 9.93. The Morgan fingerprint density at radius 2 is 1.86 bits per heavy atom. The molecule has 1 saturated heterocycles. The van der Waals surface area contributed by atoms with Gasteiger partial charge in [-0.15, -0.1) is 10.2 Å². The summed E-state index contributed by atoms with van der Waals surface area (Å²) < 4.78 is 0. The van der Waals surface area contributed by atoms with E-state index in [9.17, 15) is 4.79 Å². The van der Waals surface area contributed by atoms with Crippen molar-refractivity contribution in [3.8, 4) is 11.4 Å². The lowest BCUT2D eigenvalue weighted by Crippen LogP contribution is -2.36. The van der Waals surface area contributed by atoms with Crippen LogP contribution in [0.25, 0.3) is 11.4 Å². The quantitative estimate of drug-likeness (QED) is 0.756. The second kappa shape index (κ2) is 7.52. The lowest BCUT2D eigenvalue weighted by molar-refractivity contribution is 0.0783. The molecule has 3 aromatic rings. The molecule has 1 aliphatic heterocycles. The second-order valence-corrected chi connectivity index (χ2v) is 7.54. The average molecular weight is 376 g/mol. The number of aromatic nitrogens is 4. The fraction of sp³-hybridized carbons (Fsp3) is 0.333. The molecule has 2 aromatic carbocycles. The number of H-pyrrole nitrogens is 1. The third-order valence-corrected chi connectivity index (χ3v) is 5.49. The largest absolute Gasteiger partial charge is 0.336 e. The van der Waals surface area contributed by atoms with Crippen molar-refractivity contribution in [2.24, 2.45) is 0 Å². The molecule has 144 valence electrons. The molecule has 1 N–H and O–H groups in total. The molecule has 0 saturated carbocycles. The maximum atomic E-state index is 13.4. The van der Waals surface area contributed by atoms with Crippen molar-refractivity contribution in [2.45, 2.75) is 18.9 Å². The van der Waals surface area contributed by atoms with E-state index in [-0.39, 0.29) is 17.9 Å². The Bertz CT molecular complexity index is 951. The van der Waals surface area contributed by atoms with Crippen LogP contribution in [0.5, 0.6) is 0 Å². The standard InChI is InChI=1S/C21H24N6O/c1-14-8-10-15(11-9-14)18-12-27(13-19(18)26(2)3)21(28)17-7-5-4-6-16(17)20-22-24-25-23-20/h4-11,18-19H,12-13H2,1-3H3,(H,22,23,24,25)/t18-,19+/m1/s1. The van der Waals surface area contributed by atoms with Gasteiger partial charge in [0.15, 0.2) is 0 Å². The van der Waals surface area contributed by atoms with Gasteiger partial charge in [0.05, 0.1) is 5.56 Å². The highest BCUT2D eigenvalue weighted by molar-refractivity contribution is 6.00. The first kappa shape index (κ1) is 18.3. The highest BCUT2D eigenvalue weighted by Gasteiger charge is 2.38. The van der Waals surface area contributed by atoms with Gasteiger partial charge in [-0.05, 0) is 37.9 Å². The Hall–Kier alpha value is -3.06. The topological polar surface area (TPSA) is 78.0 Å². The summed E-state index contributed by atoms with van der Waals surface area (Å²) in [5.41, 5.74) is 3.81. The van der Waals surface area contributed by atoms with Crippen LogP contribution in [0.3, 0.4) is 0 Å². The number of nitrogens with one attached hydrogen (secondary N) is 1. The molecule has 1 aliphatic rings. The van der Waals surface area contributed by atoms with Crippen molar-refractivity contribution in [1.82, 2.24) is 30.4 Å². The first-order valence-corrected chi connectivity index (χ1v) is 9.39. The van der Waals surface area contributed by atoms with Crippen LogP contribution in [0.15, 0.2) is 48.5 Å². The van der Waals surface area contributed by atoms with Crippen LogP contribution in [0, 0.1) is 6.92 Å². The minimum atomic E-state index is 0.00172. The third kappa shape index (κ3) is 3.41. The average Bonchev–Trinajstić information content (AvgIpc) is 3.38. The summed E-state index contributed by atoms with van der Waals surface area (Å²) in [5.74, 6) is 0.709. The molecule has 7 heteroatoms. The number of likely N-dealkylation sites (tertiary alicyclic amines) is 1. The van der Waals surface area contributed by atoms with Gasteiger partial charge in [0.2, 0.25) is 5.82 Å². The van der Waals surface area contributed by atoms with Gasteiger partial charge >= 0.3 is 0 Å². The van der Waals surface area contributed by atoms with Gasteiger partial charge in [-0.1, -0.05) is 48.0 Å². The predicted molar refractivity (Wildman–Crippen MR) is 107 cm³/mol. The molecular formula is C21H24N6O. The summed E-state index contributed by atoms with van der Waals surface area (Å²) >= 11 is 0. The summed E-state index contributed by atoms with van der Waals surface area (Å²) in [7, 11) is 4.15. The molecule has 0 aliphatic carbocycles. The number of benzene rings is 2. The van der Waals surface area contributed by atoms with Gasteiger partial charge in [-0.2, -0.15) is 5.21 Å².